The van der Waals surface area contributed by atoms with Gasteiger partial charge in [-0.25, -0.2) is 0 Å². The van der Waals surface area contributed by atoms with E-state index in [1.165, 1.54) is 7.11 Å². The maximum atomic E-state index is 12.0. The second-order valence-corrected chi connectivity index (χ2v) is 5.06. The number of allylic oxidation sites excluding steroid dienone is 1. The molecule has 0 fully saturated rings. The molecule has 0 aromatic rings. The minimum absolute atomic E-state index is 0.0282. The van der Waals surface area contributed by atoms with Crippen LogP contribution < -0.4 is 0 Å². The van der Waals surface area contributed by atoms with Crippen LogP contribution in [0.25, 0.3) is 0 Å². The number of carbonyl (C=O) groups is 2. The van der Waals surface area contributed by atoms with Crippen LogP contribution in [-0.4, -0.2) is 37.0 Å². The quantitative estimate of drug-likeness (QED) is 0.518. The summed E-state index contributed by atoms with van der Waals surface area (Å²) in [6.07, 6.45) is 2.79. The number of hydrogen-bond acceptors (Lipinski definition) is 3. The Labute approximate surface area is 110 Å². The van der Waals surface area contributed by atoms with E-state index in [2.05, 4.69) is 18.6 Å². The Kier molecular flexibility index (Phi) is 8.08. The summed E-state index contributed by atoms with van der Waals surface area (Å²) < 4.78 is 4.59. The fourth-order valence-electron chi connectivity index (χ4n) is 1.41. The minimum atomic E-state index is -0.283. The summed E-state index contributed by atoms with van der Waals surface area (Å²) in [7, 11) is 1.36. The first-order valence-corrected chi connectivity index (χ1v) is 6.37. The normalized spacial score (nSPS) is 10.1. The molecule has 0 bridgehead atoms. The second-order valence-electron chi connectivity index (χ2n) is 5.06. The number of carbonyl (C=O) groups excluding carboxylic acids is 2. The van der Waals surface area contributed by atoms with E-state index in [0.717, 1.165) is 12.0 Å². The van der Waals surface area contributed by atoms with Crippen molar-refractivity contribution in [2.75, 3.05) is 20.2 Å². The molecule has 0 aromatic carbocycles. The number of ether oxygens (including phenoxy) is 1. The van der Waals surface area contributed by atoms with Gasteiger partial charge in [0.05, 0.1) is 13.5 Å². The van der Waals surface area contributed by atoms with Crippen molar-refractivity contribution in [3.05, 3.63) is 11.6 Å². The average molecular weight is 255 g/mol. The van der Waals surface area contributed by atoms with Gasteiger partial charge in [0, 0.05) is 19.2 Å². The van der Waals surface area contributed by atoms with Gasteiger partial charge in [-0.15, -0.1) is 0 Å². The van der Waals surface area contributed by atoms with Gasteiger partial charge in [0.1, 0.15) is 0 Å². The topological polar surface area (TPSA) is 46.6 Å². The van der Waals surface area contributed by atoms with Crippen molar-refractivity contribution >= 4 is 11.9 Å². The predicted molar refractivity (Wildman–Crippen MR) is 72.1 cm³/mol. The molecule has 104 valence electrons. The number of nitrogens with zero attached hydrogens (tertiary/aromatic N) is 1. The number of methoxy groups -OCH3 is 1. The van der Waals surface area contributed by atoms with Gasteiger partial charge in [0.25, 0.3) is 0 Å². The Morgan fingerprint density at radius 2 is 1.83 bits per heavy atom. The molecule has 0 atom stereocenters. The molecular formula is C14H25NO3. The molecule has 0 aliphatic rings. The zero-order chi connectivity index (χ0) is 14.1. The standard InChI is InChI=1S/C14H25NO3/c1-11(2)6-8-15(9-7-14(17)18-5)13(16)10-12(3)4/h10-11H,6-9H2,1-5H3. The van der Waals surface area contributed by atoms with Crippen LogP contribution in [0, 0.1) is 5.92 Å². The smallest absolute Gasteiger partial charge is 0.307 e. The van der Waals surface area contributed by atoms with Crippen LogP contribution in [0.15, 0.2) is 11.6 Å². The van der Waals surface area contributed by atoms with Crippen molar-refractivity contribution < 1.29 is 14.3 Å². The zero-order valence-corrected chi connectivity index (χ0v) is 12.2. The van der Waals surface area contributed by atoms with E-state index in [0.29, 0.717) is 19.0 Å². The third-order valence-electron chi connectivity index (χ3n) is 2.51. The van der Waals surface area contributed by atoms with Crippen molar-refractivity contribution in [2.24, 2.45) is 5.92 Å². The van der Waals surface area contributed by atoms with E-state index in [1.807, 2.05) is 13.8 Å². The highest BCUT2D eigenvalue weighted by Gasteiger charge is 2.13. The highest BCUT2D eigenvalue weighted by molar-refractivity contribution is 5.88. The van der Waals surface area contributed by atoms with Gasteiger partial charge in [-0.3, -0.25) is 9.59 Å². The zero-order valence-electron chi connectivity index (χ0n) is 12.2. The van der Waals surface area contributed by atoms with Crippen LogP contribution >= 0.6 is 0 Å². The van der Waals surface area contributed by atoms with Gasteiger partial charge in [-0.1, -0.05) is 19.4 Å². The molecule has 0 saturated heterocycles. The molecule has 0 aliphatic carbocycles. The SMILES string of the molecule is COC(=O)CCN(CCC(C)C)C(=O)C=C(C)C. The lowest BCUT2D eigenvalue weighted by Crippen LogP contribution is -2.33. The van der Waals surface area contributed by atoms with Crippen LogP contribution in [0.3, 0.4) is 0 Å². The number of rotatable bonds is 7. The maximum absolute atomic E-state index is 12.0. The van der Waals surface area contributed by atoms with Crippen LogP contribution in [0.4, 0.5) is 0 Å². The summed E-state index contributed by atoms with van der Waals surface area (Å²) in [5, 5.41) is 0. The van der Waals surface area contributed by atoms with Crippen molar-refractivity contribution in [3.63, 3.8) is 0 Å². The van der Waals surface area contributed by atoms with Gasteiger partial charge >= 0.3 is 5.97 Å². The fraction of sp³-hybridized carbons (Fsp3) is 0.714. The van der Waals surface area contributed by atoms with Crippen molar-refractivity contribution in [3.8, 4) is 0 Å². The van der Waals surface area contributed by atoms with E-state index in [4.69, 9.17) is 0 Å². The van der Waals surface area contributed by atoms with Crippen LogP contribution in [0.1, 0.15) is 40.5 Å². The fourth-order valence-corrected chi connectivity index (χ4v) is 1.41. The van der Waals surface area contributed by atoms with E-state index in [-0.39, 0.29) is 18.3 Å². The molecule has 0 spiro atoms. The lowest BCUT2D eigenvalue weighted by atomic mass is 10.1. The maximum Gasteiger partial charge on any atom is 0.307 e. The molecule has 0 saturated carbocycles. The summed E-state index contributed by atoms with van der Waals surface area (Å²) in [5.41, 5.74) is 0.965. The summed E-state index contributed by atoms with van der Waals surface area (Å²) in [6.45, 7) is 9.10. The van der Waals surface area contributed by atoms with E-state index < -0.39 is 0 Å². The molecule has 1 amide bonds. The first-order chi connectivity index (χ1) is 8.36. The van der Waals surface area contributed by atoms with Gasteiger partial charge in [-0.05, 0) is 26.2 Å². The Morgan fingerprint density at radius 1 is 1.22 bits per heavy atom. The number of hydrogen-bond donors (Lipinski definition) is 0. The number of amides is 1. The van der Waals surface area contributed by atoms with E-state index in [1.54, 1.807) is 11.0 Å². The highest BCUT2D eigenvalue weighted by atomic mass is 16.5. The summed E-state index contributed by atoms with van der Waals surface area (Å²) >= 11 is 0. The third kappa shape index (κ3) is 7.87. The third-order valence-corrected chi connectivity index (χ3v) is 2.51. The molecule has 0 N–H and O–H groups in total. The average Bonchev–Trinajstić information content (AvgIpc) is 2.27. The molecule has 4 nitrogen and oxygen atoms in total. The Morgan fingerprint density at radius 3 is 2.28 bits per heavy atom. The molecule has 0 aliphatic heterocycles. The summed E-state index contributed by atoms with van der Waals surface area (Å²) in [6, 6.07) is 0. The predicted octanol–water partition coefficient (Wildman–Crippen LogP) is 2.39. The number of esters is 1. The minimum Gasteiger partial charge on any atom is -0.469 e. The van der Waals surface area contributed by atoms with Crippen LogP contribution in [0.5, 0.6) is 0 Å². The van der Waals surface area contributed by atoms with Crippen molar-refractivity contribution in [1.82, 2.24) is 4.90 Å². The summed E-state index contributed by atoms with van der Waals surface area (Å²) in [4.78, 5) is 24.8. The molecule has 0 aromatic heterocycles. The van der Waals surface area contributed by atoms with Crippen molar-refractivity contribution in [2.45, 2.75) is 40.5 Å². The Balaban J connectivity index is 4.46. The molecule has 4 heteroatoms. The van der Waals surface area contributed by atoms with Gasteiger partial charge in [0.2, 0.25) is 5.91 Å². The highest BCUT2D eigenvalue weighted by Crippen LogP contribution is 2.05. The molecule has 0 unspecified atom stereocenters. The molecule has 0 heterocycles. The van der Waals surface area contributed by atoms with Crippen LogP contribution in [0.2, 0.25) is 0 Å². The van der Waals surface area contributed by atoms with Gasteiger partial charge < -0.3 is 9.64 Å². The van der Waals surface area contributed by atoms with Gasteiger partial charge in [0.15, 0.2) is 0 Å². The Bertz CT molecular complexity index is 304. The Hall–Kier alpha value is -1.32. The van der Waals surface area contributed by atoms with E-state index >= 15 is 0 Å². The molecule has 0 radical (unpaired) electrons. The summed E-state index contributed by atoms with van der Waals surface area (Å²) in [5.74, 6) is 0.222. The first-order valence-electron chi connectivity index (χ1n) is 6.37. The second kappa shape index (κ2) is 8.72. The largest absolute Gasteiger partial charge is 0.469 e. The molecule has 0 rings (SSSR count). The van der Waals surface area contributed by atoms with Crippen molar-refractivity contribution in [1.29, 1.82) is 0 Å². The van der Waals surface area contributed by atoms with Gasteiger partial charge in [-0.2, -0.15) is 0 Å². The van der Waals surface area contributed by atoms with E-state index in [9.17, 15) is 9.59 Å². The molecular weight excluding hydrogens is 230 g/mol. The van der Waals surface area contributed by atoms with Crippen LogP contribution in [-0.2, 0) is 14.3 Å². The lowest BCUT2D eigenvalue weighted by Gasteiger charge is -2.22. The first kappa shape index (κ1) is 16.7. The monoisotopic (exact) mass is 255 g/mol. The lowest BCUT2D eigenvalue weighted by molar-refractivity contribution is -0.141. The molecule has 18 heavy (non-hydrogen) atoms.